The highest BCUT2D eigenvalue weighted by Gasteiger charge is 2.32. The minimum Gasteiger partial charge on any atom is -0.355 e. The molecule has 0 aromatic heterocycles. The van der Waals surface area contributed by atoms with Crippen LogP contribution in [-0.2, 0) is 24.1 Å². The number of piperidine rings is 1. The van der Waals surface area contributed by atoms with Gasteiger partial charge in [-0.25, -0.2) is 0 Å². The normalized spacial score (nSPS) is 26.0. The van der Waals surface area contributed by atoms with Gasteiger partial charge >= 0.3 is 0 Å². The van der Waals surface area contributed by atoms with Crippen LogP contribution in [0.3, 0.4) is 0 Å². The van der Waals surface area contributed by atoms with Crippen LogP contribution in [0.2, 0.25) is 0 Å². The average molecular weight is 355 g/mol. The summed E-state index contributed by atoms with van der Waals surface area (Å²) in [5.74, 6) is 1.29. The van der Waals surface area contributed by atoms with E-state index in [1.807, 2.05) is 0 Å². The third kappa shape index (κ3) is 3.98. The Balaban J connectivity index is 1.24. The molecule has 1 saturated heterocycles. The highest BCUT2D eigenvalue weighted by molar-refractivity contribution is 5.79. The fourth-order valence-electron chi connectivity index (χ4n) is 5.04. The van der Waals surface area contributed by atoms with Crippen molar-refractivity contribution in [1.29, 1.82) is 0 Å². The van der Waals surface area contributed by atoms with E-state index in [4.69, 9.17) is 0 Å². The summed E-state index contributed by atoms with van der Waals surface area (Å²) in [5.41, 5.74) is 5.90. The monoisotopic (exact) mass is 354 g/mol. The Kier molecular flexibility index (Phi) is 5.63. The number of nitrogens with one attached hydrogen (secondary N) is 2. The third-order valence-electron chi connectivity index (χ3n) is 7.04. The number of amides is 1. The van der Waals surface area contributed by atoms with Gasteiger partial charge in [-0.2, -0.15) is 0 Å². The molecular formula is C23H34N2O. The minimum atomic E-state index is 0.163. The first-order valence-electron chi connectivity index (χ1n) is 10.8. The number of fused-ring (bicyclic) bond motifs is 1. The molecule has 1 amide bonds. The maximum atomic E-state index is 12.5. The minimum absolute atomic E-state index is 0.163. The molecule has 2 fully saturated rings. The summed E-state index contributed by atoms with van der Waals surface area (Å²) in [4.78, 5) is 12.5. The van der Waals surface area contributed by atoms with Gasteiger partial charge in [-0.3, -0.25) is 4.79 Å². The number of carbonyl (C=O) groups excluding carboxylic acids is 1. The van der Waals surface area contributed by atoms with Gasteiger partial charge < -0.3 is 10.6 Å². The molecule has 1 aromatic carbocycles. The number of benzene rings is 1. The van der Waals surface area contributed by atoms with Crippen LogP contribution < -0.4 is 10.6 Å². The van der Waals surface area contributed by atoms with E-state index in [9.17, 15) is 4.79 Å². The second-order valence-corrected chi connectivity index (χ2v) is 8.78. The van der Waals surface area contributed by atoms with Crippen LogP contribution in [0.5, 0.6) is 0 Å². The molecule has 1 saturated carbocycles. The van der Waals surface area contributed by atoms with E-state index in [1.54, 1.807) is 11.1 Å². The molecule has 0 spiro atoms. The molecule has 2 N–H and O–H groups in total. The van der Waals surface area contributed by atoms with Crippen molar-refractivity contribution in [2.24, 2.45) is 11.8 Å². The van der Waals surface area contributed by atoms with Crippen LogP contribution in [0, 0.1) is 18.8 Å². The summed E-state index contributed by atoms with van der Waals surface area (Å²) in [6.45, 7) is 3.85. The molecule has 2 aliphatic carbocycles. The first kappa shape index (κ1) is 18.0. The van der Waals surface area contributed by atoms with Gasteiger partial charge in [0.2, 0.25) is 5.91 Å². The maximum absolute atomic E-state index is 12.5. The lowest BCUT2D eigenvalue weighted by Crippen LogP contribution is -2.49. The van der Waals surface area contributed by atoms with Crippen molar-refractivity contribution >= 4 is 5.91 Å². The van der Waals surface area contributed by atoms with Crippen LogP contribution in [0.1, 0.15) is 67.2 Å². The highest BCUT2D eigenvalue weighted by atomic mass is 16.1. The first-order chi connectivity index (χ1) is 12.7. The SMILES string of the molecule is Cc1cc2c(cc1CCNC(=O)C1CCC(C3CCC3)NC1)CCCC2. The molecule has 0 bridgehead atoms. The van der Waals surface area contributed by atoms with Crippen molar-refractivity contribution in [3.05, 3.63) is 34.4 Å². The van der Waals surface area contributed by atoms with E-state index in [-0.39, 0.29) is 11.8 Å². The van der Waals surface area contributed by atoms with Gasteiger partial charge in [-0.05, 0) is 92.9 Å². The van der Waals surface area contributed by atoms with Crippen molar-refractivity contribution in [1.82, 2.24) is 10.6 Å². The summed E-state index contributed by atoms with van der Waals surface area (Å²) in [6, 6.07) is 5.46. The standard InChI is InChI=1S/C23H34N2O/c1-16-13-19-5-2-3-6-20(19)14-18(16)11-12-24-23(26)21-9-10-22(25-15-21)17-7-4-8-17/h13-14,17,21-22,25H,2-12,15H2,1H3,(H,24,26). The lowest BCUT2D eigenvalue weighted by atomic mass is 9.76. The Morgan fingerprint density at radius 3 is 2.50 bits per heavy atom. The fraction of sp³-hybridized carbons (Fsp3) is 0.696. The molecule has 0 radical (unpaired) electrons. The van der Waals surface area contributed by atoms with Gasteiger partial charge in [-0.1, -0.05) is 18.6 Å². The molecule has 3 nitrogen and oxygen atoms in total. The molecule has 4 rings (SSSR count). The Bertz CT molecular complexity index is 642. The Labute approximate surface area is 158 Å². The lowest BCUT2D eigenvalue weighted by Gasteiger charge is -2.38. The number of carbonyl (C=O) groups is 1. The zero-order valence-electron chi connectivity index (χ0n) is 16.3. The molecule has 26 heavy (non-hydrogen) atoms. The number of hydrogen-bond donors (Lipinski definition) is 2. The second kappa shape index (κ2) is 8.12. The van der Waals surface area contributed by atoms with Gasteiger partial charge in [0.1, 0.15) is 0 Å². The molecule has 1 heterocycles. The number of hydrogen-bond acceptors (Lipinski definition) is 2. The molecule has 1 aliphatic heterocycles. The van der Waals surface area contributed by atoms with Crippen LogP contribution in [0.4, 0.5) is 0 Å². The van der Waals surface area contributed by atoms with Gasteiger partial charge in [0.15, 0.2) is 0 Å². The molecule has 2 unspecified atom stereocenters. The Morgan fingerprint density at radius 2 is 1.85 bits per heavy atom. The Morgan fingerprint density at radius 1 is 1.08 bits per heavy atom. The quantitative estimate of drug-likeness (QED) is 0.846. The zero-order chi connectivity index (χ0) is 17.9. The predicted molar refractivity (Wildman–Crippen MR) is 106 cm³/mol. The maximum Gasteiger partial charge on any atom is 0.224 e. The van der Waals surface area contributed by atoms with Gasteiger partial charge in [0.05, 0.1) is 5.92 Å². The summed E-state index contributed by atoms with van der Waals surface area (Å²) in [5, 5.41) is 6.84. The van der Waals surface area contributed by atoms with E-state index in [0.717, 1.165) is 31.8 Å². The highest BCUT2D eigenvalue weighted by Crippen LogP contribution is 2.33. The van der Waals surface area contributed by atoms with Gasteiger partial charge in [0.25, 0.3) is 0 Å². The van der Waals surface area contributed by atoms with Crippen molar-refractivity contribution in [2.75, 3.05) is 13.1 Å². The summed E-state index contributed by atoms with van der Waals surface area (Å²) >= 11 is 0. The lowest BCUT2D eigenvalue weighted by molar-refractivity contribution is -0.125. The molecule has 1 aromatic rings. The van der Waals surface area contributed by atoms with Crippen LogP contribution in [-0.4, -0.2) is 25.0 Å². The Hall–Kier alpha value is -1.35. The van der Waals surface area contributed by atoms with Crippen molar-refractivity contribution in [2.45, 2.75) is 77.2 Å². The number of aryl methyl sites for hydroxylation is 3. The molecular weight excluding hydrogens is 320 g/mol. The van der Waals surface area contributed by atoms with Crippen LogP contribution in [0.25, 0.3) is 0 Å². The zero-order valence-corrected chi connectivity index (χ0v) is 16.3. The molecule has 3 aliphatic rings. The van der Waals surface area contributed by atoms with Gasteiger partial charge in [0, 0.05) is 19.1 Å². The number of rotatable bonds is 5. The van der Waals surface area contributed by atoms with E-state index in [2.05, 4.69) is 29.7 Å². The molecule has 3 heteroatoms. The predicted octanol–water partition coefficient (Wildman–Crippen LogP) is 3.70. The summed E-state index contributed by atoms with van der Waals surface area (Å²) in [6.07, 6.45) is 12.5. The van der Waals surface area contributed by atoms with E-state index in [0.29, 0.717) is 6.04 Å². The first-order valence-corrected chi connectivity index (χ1v) is 10.8. The molecule has 2 atom stereocenters. The van der Waals surface area contributed by atoms with E-state index >= 15 is 0 Å². The van der Waals surface area contributed by atoms with E-state index < -0.39 is 0 Å². The van der Waals surface area contributed by atoms with Crippen LogP contribution in [0.15, 0.2) is 12.1 Å². The third-order valence-corrected chi connectivity index (χ3v) is 7.04. The summed E-state index contributed by atoms with van der Waals surface area (Å²) in [7, 11) is 0. The average Bonchev–Trinajstić information content (AvgIpc) is 2.61. The second-order valence-electron chi connectivity index (χ2n) is 8.78. The summed E-state index contributed by atoms with van der Waals surface area (Å²) < 4.78 is 0. The fourth-order valence-corrected chi connectivity index (χ4v) is 5.04. The van der Waals surface area contributed by atoms with Crippen LogP contribution >= 0.6 is 0 Å². The molecule has 142 valence electrons. The van der Waals surface area contributed by atoms with E-state index in [1.165, 1.54) is 62.5 Å². The van der Waals surface area contributed by atoms with Gasteiger partial charge in [-0.15, -0.1) is 0 Å². The topological polar surface area (TPSA) is 41.1 Å². The smallest absolute Gasteiger partial charge is 0.224 e. The largest absolute Gasteiger partial charge is 0.355 e. The van der Waals surface area contributed by atoms with Crippen molar-refractivity contribution < 1.29 is 4.79 Å². The van der Waals surface area contributed by atoms with Crippen molar-refractivity contribution in [3.8, 4) is 0 Å². The van der Waals surface area contributed by atoms with Crippen molar-refractivity contribution in [3.63, 3.8) is 0 Å².